The summed E-state index contributed by atoms with van der Waals surface area (Å²) < 4.78 is 0. The molecule has 7 heteroatoms. The molecule has 2 amide bonds. The Kier molecular flexibility index (Phi) is 6.48. The Morgan fingerprint density at radius 1 is 1.25 bits per heavy atom. The van der Waals surface area contributed by atoms with Gasteiger partial charge in [-0.2, -0.15) is 5.10 Å². The first-order valence-corrected chi connectivity index (χ1v) is 6.83. The van der Waals surface area contributed by atoms with E-state index in [1.165, 1.54) is 11.1 Å². The second-order valence-electron chi connectivity index (χ2n) is 3.81. The molecule has 0 atom stereocenters. The van der Waals surface area contributed by atoms with E-state index in [-0.39, 0.29) is 0 Å². The minimum absolute atomic E-state index is 0.408. The fourth-order valence-electron chi connectivity index (χ4n) is 1.49. The van der Waals surface area contributed by atoms with E-state index in [1.807, 2.05) is 0 Å². The number of rotatable bonds is 4. The van der Waals surface area contributed by atoms with Crippen molar-refractivity contribution < 1.29 is 9.59 Å². The number of hydrogen-bond donors (Lipinski definition) is 1. The van der Waals surface area contributed by atoms with Gasteiger partial charge in [-0.05, 0) is 26.0 Å². The van der Waals surface area contributed by atoms with Crippen LogP contribution in [0.3, 0.4) is 0 Å². The standard InChI is InChI=1S/C13H15Cl2N3O2/c1-3-18(4-2)13(20)12(19)17-16-8-9-10(14)6-5-7-11(9)15/h5-8H,3-4H2,1-2H3,(H,17,19)/b16-8-. The predicted molar refractivity (Wildman–Crippen MR) is 80.1 cm³/mol. The summed E-state index contributed by atoms with van der Waals surface area (Å²) in [6.07, 6.45) is 1.30. The van der Waals surface area contributed by atoms with Crippen LogP contribution in [0.2, 0.25) is 10.0 Å². The molecule has 1 aromatic rings. The molecular formula is C13H15Cl2N3O2. The molecule has 0 unspecified atom stereocenters. The molecule has 0 aliphatic heterocycles. The Hall–Kier alpha value is -1.59. The summed E-state index contributed by atoms with van der Waals surface area (Å²) in [5, 5.41) is 4.51. The van der Waals surface area contributed by atoms with Gasteiger partial charge in [0, 0.05) is 18.7 Å². The molecule has 20 heavy (non-hydrogen) atoms. The average Bonchev–Trinajstić information content (AvgIpc) is 2.43. The molecule has 1 aromatic carbocycles. The Bertz CT molecular complexity index is 508. The van der Waals surface area contributed by atoms with Gasteiger partial charge in [0.2, 0.25) is 0 Å². The average molecular weight is 316 g/mol. The van der Waals surface area contributed by atoms with Crippen molar-refractivity contribution in [1.29, 1.82) is 0 Å². The molecule has 0 saturated carbocycles. The molecule has 1 N–H and O–H groups in total. The summed E-state index contributed by atoms with van der Waals surface area (Å²) in [6, 6.07) is 5.00. The Morgan fingerprint density at radius 3 is 2.30 bits per heavy atom. The van der Waals surface area contributed by atoms with Gasteiger partial charge in [0.25, 0.3) is 0 Å². The summed E-state index contributed by atoms with van der Waals surface area (Å²) in [5.74, 6) is -1.43. The van der Waals surface area contributed by atoms with E-state index < -0.39 is 11.8 Å². The van der Waals surface area contributed by atoms with Crippen molar-refractivity contribution >= 4 is 41.2 Å². The van der Waals surface area contributed by atoms with Crippen LogP contribution in [0.1, 0.15) is 19.4 Å². The molecule has 0 aromatic heterocycles. The zero-order chi connectivity index (χ0) is 15.1. The van der Waals surface area contributed by atoms with Crippen molar-refractivity contribution in [3.8, 4) is 0 Å². The molecule has 1 rings (SSSR count). The highest BCUT2D eigenvalue weighted by atomic mass is 35.5. The van der Waals surface area contributed by atoms with Crippen LogP contribution in [0, 0.1) is 0 Å². The lowest BCUT2D eigenvalue weighted by Crippen LogP contribution is -2.41. The number of carbonyl (C=O) groups is 2. The van der Waals surface area contributed by atoms with Crippen LogP contribution in [0.25, 0.3) is 0 Å². The lowest BCUT2D eigenvalue weighted by atomic mass is 10.2. The van der Waals surface area contributed by atoms with Gasteiger partial charge in [-0.1, -0.05) is 29.3 Å². The highest BCUT2D eigenvalue weighted by Crippen LogP contribution is 2.21. The van der Waals surface area contributed by atoms with Crippen LogP contribution >= 0.6 is 23.2 Å². The van der Waals surface area contributed by atoms with Gasteiger partial charge in [0.05, 0.1) is 16.3 Å². The lowest BCUT2D eigenvalue weighted by Gasteiger charge is -2.16. The monoisotopic (exact) mass is 315 g/mol. The second kappa shape index (κ2) is 7.87. The van der Waals surface area contributed by atoms with Crippen LogP contribution in [0.5, 0.6) is 0 Å². The molecule has 108 valence electrons. The van der Waals surface area contributed by atoms with Gasteiger partial charge in [-0.25, -0.2) is 5.43 Å². The van der Waals surface area contributed by atoms with E-state index in [2.05, 4.69) is 10.5 Å². The maximum atomic E-state index is 11.7. The third-order valence-corrected chi connectivity index (χ3v) is 3.26. The van der Waals surface area contributed by atoms with E-state index in [4.69, 9.17) is 23.2 Å². The molecule has 0 spiro atoms. The Balaban J connectivity index is 2.70. The van der Waals surface area contributed by atoms with Crippen LogP contribution in [0.15, 0.2) is 23.3 Å². The Morgan fingerprint density at radius 2 is 1.80 bits per heavy atom. The van der Waals surface area contributed by atoms with Crippen molar-refractivity contribution in [1.82, 2.24) is 10.3 Å². The number of hydrogen-bond acceptors (Lipinski definition) is 3. The Labute approximate surface area is 127 Å². The first kappa shape index (κ1) is 16.5. The maximum absolute atomic E-state index is 11.7. The van der Waals surface area contributed by atoms with Gasteiger partial charge < -0.3 is 4.90 Å². The van der Waals surface area contributed by atoms with Crippen molar-refractivity contribution in [2.24, 2.45) is 5.10 Å². The lowest BCUT2D eigenvalue weighted by molar-refractivity contribution is -0.145. The SMILES string of the molecule is CCN(CC)C(=O)C(=O)N/N=C\c1c(Cl)cccc1Cl. The van der Waals surface area contributed by atoms with Crippen LogP contribution in [-0.2, 0) is 9.59 Å². The summed E-state index contributed by atoms with van der Waals surface area (Å²) >= 11 is 11.9. The molecule has 0 aliphatic carbocycles. The number of nitrogens with one attached hydrogen (secondary N) is 1. The number of benzene rings is 1. The number of likely N-dealkylation sites (N-methyl/N-ethyl adjacent to an activating group) is 1. The van der Waals surface area contributed by atoms with Crippen molar-refractivity contribution in [3.63, 3.8) is 0 Å². The van der Waals surface area contributed by atoms with Crippen molar-refractivity contribution in [2.45, 2.75) is 13.8 Å². The molecule has 0 bridgehead atoms. The van der Waals surface area contributed by atoms with E-state index in [9.17, 15) is 9.59 Å². The van der Waals surface area contributed by atoms with Crippen LogP contribution in [-0.4, -0.2) is 36.0 Å². The highest BCUT2D eigenvalue weighted by Gasteiger charge is 2.18. The predicted octanol–water partition coefficient (Wildman–Crippen LogP) is 2.31. The molecule has 5 nitrogen and oxygen atoms in total. The van der Waals surface area contributed by atoms with Gasteiger partial charge >= 0.3 is 11.8 Å². The largest absolute Gasteiger partial charge is 0.335 e. The quantitative estimate of drug-likeness (QED) is 0.526. The van der Waals surface area contributed by atoms with E-state index in [0.717, 1.165) is 0 Å². The highest BCUT2D eigenvalue weighted by molar-refractivity contribution is 6.38. The molecule has 0 aliphatic rings. The first-order chi connectivity index (χ1) is 9.51. The maximum Gasteiger partial charge on any atom is 0.329 e. The minimum Gasteiger partial charge on any atom is -0.335 e. The summed E-state index contributed by atoms with van der Waals surface area (Å²) in [7, 11) is 0. The normalized spacial score (nSPS) is 10.6. The van der Waals surface area contributed by atoms with Gasteiger partial charge in [0.15, 0.2) is 0 Å². The summed E-state index contributed by atoms with van der Waals surface area (Å²) in [6.45, 7) is 4.51. The smallest absolute Gasteiger partial charge is 0.329 e. The third kappa shape index (κ3) is 4.21. The van der Waals surface area contributed by atoms with Crippen LogP contribution < -0.4 is 5.43 Å². The minimum atomic E-state index is -0.798. The van der Waals surface area contributed by atoms with Gasteiger partial charge in [0.1, 0.15) is 0 Å². The summed E-state index contributed by atoms with van der Waals surface area (Å²) in [5.41, 5.74) is 2.63. The van der Waals surface area contributed by atoms with E-state index >= 15 is 0 Å². The van der Waals surface area contributed by atoms with E-state index in [0.29, 0.717) is 28.7 Å². The van der Waals surface area contributed by atoms with Crippen molar-refractivity contribution in [3.05, 3.63) is 33.8 Å². The first-order valence-electron chi connectivity index (χ1n) is 6.07. The van der Waals surface area contributed by atoms with Gasteiger partial charge in [-0.15, -0.1) is 0 Å². The van der Waals surface area contributed by atoms with Crippen molar-refractivity contribution in [2.75, 3.05) is 13.1 Å². The van der Waals surface area contributed by atoms with Crippen LogP contribution in [0.4, 0.5) is 0 Å². The topological polar surface area (TPSA) is 61.8 Å². The summed E-state index contributed by atoms with van der Waals surface area (Å²) in [4.78, 5) is 24.6. The zero-order valence-electron chi connectivity index (χ0n) is 11.2. The number of amides is 2. The number of halogens is 2. The van der Waals surface area contributed by atoms with Gasteiger partial charge in [-0.3, -0.25) is 9.59 Å². The van der Waals surface area contributed by atoms with E-state index in [1.54, 1.807) is 32.0 Å². The molecule has 0 saturated heterocycles. The molecule has 0 heterocycles. The fourth-order valence-corrected chi connectivity index (χ4v) is 1.99. The molecular weight excluding hydrogens is 301 g/mol. The molecule has 0 radical (unpaired) electrons. The number of hydrazone groups is 1. The third-order valence-electron chi connectivity index (χ3n) is 2.60. The second-order valence-corrected chi connectivity index (χ2v) is 4.63. The zero-order valence-corrected chi connectivity index (χ0v) is 12.7. The number of nitrogens with zero attached hydrogens (tertiary/aromatic N) is 2. The molecule has 0 fully saturated rings. The fraction of sp³-hybridized carbons (Fsp3) is 0.308. The number of carbonyl (C=O) groups excluding carboxylic acids is 2.